The van der Waals surface area contributed by atoms with Crippen molar-refractivity contribution >= 4 is 31.6 Å². The van der Waals surface area contributed by atoms with Gasteiger partial charge in [-0.25, -0.2) is 8.42 Å². The zero-order valence-electron chi connectivity index (χ0n) is 10.7. The van der Waals surface area contributed by atoms with E-state index in [4.69, 9.17) is 0 Å². The Labute approximate surface area is 117 Å². The summed E-state index contributed by atoms with van der Waals surface area (Å²) < 4.78 is 25.1. The molecule has 0 aliphatic carbocycles. The van der Waals surface area contributed by atoms with Crippen LogP contribution in [0.4, 0.5) is 0 Å². The molecule has 0 aromatic heterocycles. The van der Waals surface area contributed by atoms with Crippen molar-refractivity contribution in [1.82, 2.24) is 0 Å². The van der Waals surface area contributed by atoms with Crippen molar-refractivity contribution in [3.63, 3.8) is 0 Å². The van der Waals surface area contributed by atoms with Gasteiger partial charge in [0.1, 0.15) is 5.25 Å². The van der Waals surface area contributed by atoms with Crippen LogP contribution in [0.3, 0.4) is 0 Å². The average Bonchev–Trinajstić information content (AvgIpc) is 2.36. The molecular weight excluding hydrogens is 316 g/mol. The van der Waals surface area contributed by atoms with Gasteiger partial charge >= 0.3 is 0 Å². The molecule has 0 fully saturated rings. The number of hydrogen-bond donors (Lipinski definition) is 0. The molecule has 0 N–H and O–H groups in total. The van der Waals surface area contributed by atoms with E-state index < -0.39 is 20.3 Å². The van der Waals surface area contributed by atoms with E-state index in [0.717, 1.165) is 4.47 Å². The molecule has 3 nitrogen and oxygen atoms in total. The standard InChI is InChI=1S/C13H17BrO3S/c1-4-9(2)18(16,17)10(3)13(15)11-5-7-12(14)8-6-11/h5-10H,4H2,1-3H3. The highest BCUT2D eigenvalue weighted by atomic mass is 79.9. The molecule has 1 rings (SSSR count). The quantitative estimate of drug-likeness (QED) is 0.778. The van der Waals surface area contributed by atoms with Gasteiger partial charge in [0, 0.05) is 10.0 Å². The van der Waals surface area contributed by atoms with Gasteiger partial charge in [-0.05, 0) is 32.4 Å². The van der Waals surface area contributed by atoms with E-state index in [2.05, 4.69) is 15.9 Å². The van der Waals surface area contributed by atoms with Crippen molar-refractivity contribution < 1.29 is 13.2 Å². The first-order valence-corrected chi connectivity index (χ1v) is 8.23. The Morgan fingerprint density at radius 3 is 2.17 bits per heavy atom. The Bertz CT molecular complexity index is 520. The summed E-state index contributed by atoms with van der Waals surface area (Å²) in [4.78, 5) is 12.1. The molecule has 18 heavy (non-hydrogen) atoms. The Morgan fingerprint density at radius 2 is 1.72 bits per heavy atom. The zero-order valence-corrected chi connectivity index (χ0v) is 13.1. The molecule has 100 valence electrons. The highest BCUT2D eigenvalue weighted by Crippen LogP contribution is 2.18. The van der Waals surface area contributed by atoms with Gasteiger partial charge in [0.2, 0.25) is 0 Å². The minimum atomic E-state index is -3.41. The maximum Gasteiger partial charge on any atom is 0.180 e. The van der Waals surface area contributed by atoms with Gasteiger partial charge in [0.05, 0.1) is 5.25 Å². The van der Waals surface area contributed by atoms with Crippen LogP contribution in [-0.2, 0) is 9.84 Å². The SMILES string of the molecule is CCC(C)S(=O)(=O)C(C)C(=O)c1ccc(Br)cc1. The van der Waals surface area contributed by atoms with E-state index in [1.165, 1.54) is 6.92 Å². The van der Waals surface area contributed by atoms with Crippen molar-refractivity contribution in [1.29, 1.82) is 0 Å². The Balaban J connectivity index is 3.01. The molecule has 0 amide bonds. The molecule has 0 heterocycles. The lowest BCUT2D eigenvalue weighted by Gasteiger charge is -2.16. The first-order chi connectivity index (χ1) is 8.30. The number of sulfone groups is 1. The number of hydrogen-bond acceptors (Lipinski definition) is 3. The van der Waals surface area contributed by atoms with Crippen molar-refractivity contribution in [2.24, 2.45) is 0 Å². The van der Waals surface area contributed by atoms with Crippen LogP contribution >= 0.6 is 15.9 Å². The maximum absolute atomic E-state index is 12.1. The van der Waals surface area contributed by atoms with Crippen molar-refractivity contribution in [3.05, 3.63) is 34.3 Å². The fourth-order valence-corrected chi connectivity index (χ4v) is 3.44. The van der Waals surface area contributed by atoms with Crippen LogP contribution in [0, 0.1) is 0 Å². The third-order valence-electron chi connectivity index (χ3n) is 3.13. The highest BCUT2D eigenvalue weighted by Gasteiger charge is 2.32. The second kappa shape index (κ2) is 5.97. The lowest BCUT2D eigenvalue weighted by molar-refractivity contribution is 0.0991. The summed E-state index contributed by atoms with van der Waals surface area (Å²) in [5.41, 5.74) is 0.428. The van der Waals surface area contributed by atoms with Gasteiger partial charge in [0.15, 0.2) is 15.6 Å². The molecule has 0 saturated heterocycles. The third kappa shape index (κ3) is 3.20. The lowest BCUT2D eigenvalue weighted by Crippen LogP contribution is -2.34. The van der Waals surface area contributed by atoms with Gasteiger partial charge in [-0.2, -0.15) is 0 Å². The van der Waals surface area contributed by atoms with Gasteiger partial charge in [-0.15, -0.1) is 0 Å². The minimum absolute atomic E-state index is 0.345. The molecule has 0 aliphatic rings. The number of Topliss-reactive ketones (excluding diaryl/α,β-unsaturated/α-hetero) is 1. The molecule has 2 atom stereocenters. The molecule has 0 spiro atoms. The average molecular weight is 333 g/mol. The molecule has 0 radical (unpaired) electrons. The maximum atomic E-state index is 12.1. The van der Waals surface area contributed by atoms with Crippen LogP contribution in [0.15, 0.2) is 28.7 Å². The molecule has 1 aromatic carbocycles. The Hall–Kier alpha value is -0.680. The first-order valence-electron chi connectivity index (χ1n) is 5.83. The zero-order chi connectivity index (χ0) is 13.9. The molecule has 0 aliphatic heterocycles. The number of ketones is 1. The summed E-state index contributed by atoms with van der Waals surface area (Å²) in [7, 11) is -3.41. The van der Waals surface area contributed by atoms with E-state index in [0.29, 0.717) is 12.0 Å². The summed E-state index contributed by atoms with van der Waals surface area (Å²) in [5, 5.41) is -1.49. The van der Waals surface area contributed by atoms with Crippen molar-refractivity contribution in [2.45, 2.75) is 37.7 Å². The van der Waals surface area contributed by atoms with Gasteiger partial charge < -0.3 is 0 Å². The van der Waals surface area contributed by atoms with E-state index in [9.17, 15) is 13.2 Å². The molecule has 0 bridgehead atoms. The van der Waals surface area contributed by atoms with Crippen molar-refractivity contribution in [3.8, 4) is 0 Å². The Morgan fingerprint density at radius 1 is 1.22 bits per heavy atom. The largest absolute Gasteiger partial charge is 0.293 e. The van der Waals surface area contributed by atoms with Crippen LogP contribution in [0.5, 0.6) is 0 Å². The summed E-state index contributed by atoms with van der Waals surface area (Å²) >= 11 is 3.28. The number of carbonyl (C=O) groups is 1. The minimum Gasteiger partial charge on any atom is -0.293 e. The van der Waals surface area contributed by atoms with E-state index in [-0.39, 0.29) is 5.78 Å². The normalized spacial score (nSPS) is 15.1. The number of carbonyl (C=O) groups excluding carboxylic acids is 1. The van der Waals surface area contributed by atoms with Gasteiger partial charge in [-0.1, -0.05) is 35.0 Å². The van der Waals surface area contributed by atoms with Crippen LogP contribution < -0.4 is 0 Å². The van der Waals surface area contributed by atoms with Crippen LogP contribution in [0.1, 0.15) is 37.6 Å². The van der Waals surface area contributed by atoms with E-state index in [1.807, 2.05) is 0 Å². The molecular formula is C13H17BrO3S. The number of halogens is 1. The fourth-order valence-electron chi connectivity index (χ4n) is 1.58. The summed E-state index contributed by atoms with van der Waals surface area (Å²) in [6, 6.07) is 6.73. The fraction of sp³-hybridized carbons (Fsp3) is 0.462. The number of rotatable bonds is 5. The van der Waals surface area contributed by atoms with Gasteiger partial charge in [0.25, 0.3) is 0 Å². The topological polar surface area (TPSA) is 51.2 Å². The molecule has 1 aromatic rings. The van der Waals surface area contributed by atoms with E-state index >= 15 is 0 Å². The first kappa shape index (κ1) is 15.4. The third-order valence-corrected chi connectivity index (χ3v) is 6.31. The lowest BCUT2D eigenvalue weighted by atomic mass is 10.1. The van der Waals surface area contributed by atoms with Crippen molar-refractivity contribution in [2.75, 3.05) is 0 Å². The molecule has 0 saturated carbocycles. The molecule has 5 heteroatoms. The predicted molar refractivity (Wildman–Crippen MR) is 76.6 cm³/mol. The summed E-state index contributed by atoms with van der Waals surface area (Å²) in [6.07, 6.45) is 0.514. The highest BCUT2D eigenvalue weighted by molar-refractivity contribution is 9.10. The second-order valence-electron chi connectivity index (χ2n) is 4.32. The Kier molecular flexibility index (Phi) is 5.10. The van der Waals surface area contributed by atoms with Crippen LogP contribution in [0.2, 0.25) is 0 Å². The summed E-state index contributed by atoms with van der Waals surface area (Å²) in [6.45, 7) is 4.91. The number of benzene rings is 1. The van der Waals surface area contributed by atoms with Crippen LogP contribution in [-0.4, -0.2) is 24.7 Å². The summed E-state index contributed by atoms with van der Waals surface area (Å²) in [5.74, 6) is -0.345. The second-order valence-corrected chi connectivity index (χ2v) is 7.93. The monoisotopic (exact) mass is 332 g/mol. The van der Waals surface area contributed by atoms with E-state index in [1.54, 1.807) is 38.1 Å². The van der Waals surface area contributed by atoms with Crippen LogP contribution in [0.25, 0.3) is 0 Å². The smallest absolute Gasteiger partial charge is 0.180 e. The molecule has 2 unspecified atom stereocenters. The predicted octanol–water partition coefficient (Wildman–Crippen LogP) is 3.23. The van der Waals surface area contributed by atoms with Gasteiger partial charge in [-0.3, -0.25) is 4.79 Å².